The predicted octanol–water partition coefficient (Wildman–Crippen LogP) is 6.29. The summed E-state index contributed by atoms with van der Waals surface area (Å²) in [5.41, 5.74) is 19.8. The summed E-state index contributed by atoms with van der Waals surface area (Å²) in [4.78, 5) is 0. The first kappa shape index (κ1) is 30.5. The van der Waals surface area contributed by atoms with Gasteiger partial charge in [-0.05, 0) is 0 Å². The standard InChI is InChI=1S/C8H13Ge.3C3H8N.Zr/c1-9(2,3)8-6-4-5-7-8;3*1-3(2)4;/h4-7H,1-3H3;3*3-4H,1-2H3;/q4*-1;+4. The van der Waals surface area contributed by atoms with E-state index in [4.69, 9.17) is 17.2 Å². The van der Waals surface area contributed by atoms with E-state index >= 15 is 0 Å². The van der Waals surface area contributed by atoms with Crippen LogP contribution in [0.15, 0.2) is 24.3 Å². The summed E-state index contributed by atoms with van der Waals surface area (Å²) in [6.07, 6.45) is 0. The Morgan fingerprint density at radius 1 is 0.682 bits per heavy atom. The molecule has 3 nitrogen and oxygen atoms in total. The normalized spacial score (nSPS) is 9.77. The second-order valence-electron chi connectivity index (χ2n) is 6.89. The van der Waals surface area contributed by atoms with Crippen molar-refractivity contribution in [2.24, 2.45) is 0 Å². The maximum Gasteiger partial charge on any atom is 4.00 e. The molecule has 0 fully saturated rings. The molecule has 0 radical (unpaired) electrons. The molecule has 0 bridgehead atoms. The van der Waals surface area contributed by atoms with Crippen LogP contribution < -0.4 is 4.40 Å². The molecule has 22 heavy (non-hydrogen) atoms. The molecule has 1 aromatic rings. The van der Waals surface area contributed by atoms with Gasteiger partial charge in [0.15, 0.2) is 0 Å². The largest absolute Gasteiger partial charge is 4.00 e. The fourth-order valence-electron chi connectivity index (χ4n) is 0.874. The molecular formula is C17H37GeN3Zr. The first-order valence-corrected chi connectivity index (χ1v) is 15.0. The van der Waals surface area contributed by atoms with Gasteiger partial charge in [-0.25, -0.2) is 0 Å². The fourth-order valence-corrected chi connectivity index (χ4v) is 3.38. The Morgan fingerprint density at radius 3 is 0.955 bits per heavy atom. The third-order valence-electron chi connectivity index (χ3n) is 1.53. The summed E-state index contributed by atoms with van der Waals surface area (Å²) >= 11 is -1.44. The van der Waals surface area contributed by atoms with Crippen LogP contribution in [0.3, 0.4) is 0 Å². The van der Waals surface area contributed by atoms with Gasteiger partial charge in [-0.2, -0.15) is 0 Å². The zero-order chi connectivity index (χ0) is 17.6. The van der Waals surface area contributed by atoms with Crippen molar-refractivity contribution < 1.29 is 26.2 Å². The molecule has 0 saturated carbocycles. The summed E-state index contributed by atoms with van der Waals surface area (Å²) in [6.45, 7) is 11.0. The van der Waals surface area contributed by atoms with E-state index in [-0.39, 0.29) is 44.3 Å². The van der Waals surface area contributed by atoms with E-state index in [1.807, 2.05) is 41.5 Å². The van der Waals surface area contributed by atoms with Crippen LogP contribution >= 0.6 is 0 Å². The topological polar surface area (TPSA) is 71.4 Å². The summed E-state index contributed by atoms with van der Waals surface area (Å²) in [5, 5.41) is 0. The van der Waals surface area contributed by atoms with Crippen molar-refractivity contribution in [2.75, 3.05) is 0 Å². The Morgan fingerprint density at radius 2 is 0.864 bits per heavy atom. The van der Waals surface area contributed by atoms with Crippen LogP contribution in [0.2, 0.25) is 17.3 Å². The second kappa shape index (κ2) is 18.0. The molecule has 5 heteroatoms. The fraction of sp³-hybridized carbons (Fsp3) is 0.706. The quantitative estimate of drug-likeness (QED) is 0.359. The van der Waals surface area contributed by atoms with Gasteiger partial charge in [-0.15, -0.1) is 18.1 Å². The van der Waals surface area contributed by atoms with Gasteiger partial charge < -0.3 is 17.2 Å². The van der Waals surface area contributed by atoms with Gasteiger partial charge in [0.05, 0.1) is 0 Å². The molecule has 3 N–H and O–H groups in total. The zero-order valence-electron chi connectivity index (χ0n) is 16.0. The molecule has 0 atom stereocenters. The van der Waals surface area contributed by atoms with Crippen LogP contribution in [-0.2, 0) is 26.2 Å². The number of hydrogen-bond acceptors (Lipinski definition) is 0. The average molecular weight is 447 g/mol. The summed E-state index contributed by atoms with van der Waals surface area (Å²) in [6, 6.07) is 9.01. The van der Waals surface area contributed by atoms with Gasteiger partial charge in [-0.3, -0.25) is 0 Å². The summed E-state index contributed by atoms with van der Waals surface area (Å²) < 4.78 is 1.61. The molecule has 0 aliphatic heterocycles. The molecular weight excluding hydrogens is 410 g/mol. The van der Waals surface area contributed by atoms with Crippen molar-refractivity contribution in [1.29, 1.82) is 0 Å². The molecule has 1 rings (SSSR count). The molecule has 0 aliphatic rings. The molecule has 0 amide bonds. The SMILES string of the molecule is CC(C)[NH-].CC(C)[NH-].CC(C)[NH-].[CH3][Ge]([CH3])([CH3])[c-]1cccc1.[Zr+4]. The van der Waals surface area contributed by atoms with E-state index < -0.39 is 13.3 Å². The van der Waals surface area contributed by atoms with Gasteiger partial charge in [0.1, 0.15) is 0 Å². The maximum absolute atomic E-state index is 6.58. The van der Waals surface area contributed by atoms with Crippen molar-refractivity contribution in [3.8, 4) is 0 Å². The van der Waals surface area contributed by atoms with Crippen LogP contribution in [0.5, 0.6) is 0 Å². The Balaban J connectivity index is -0.000000107. The van der Waals surface area contributed by atoms with Crippen molar-refractivity contribution >= 4 is 17.7 Å². The molecule has 0 saturated heterocycles. The van der Waals surface area contributed by atoms with Gasteiger partial charge in [0.25, 0.3) is 0 Å². The molecule has 0 heterocycles. The van der Waals surface area contributed by atoms with E-state index in [1.54, 1.807) is 4.40 Å². The van der Waals surface area contributed by atoms with Crippen molar-refractivity contribution in [2.45, 2.75) is 76.9 Å². The minimum atomic E-state index is -1.44. The van der Waals surface area contributed by atoms with Gasteiger partial charge in [0.2, 0.25) is 0 Å². The maximum atomic E-state index is 6.58. The van der Waals surface area contributed by atoms with E-state index in [9.17, 15) is 0 Å². The minimum Gasteiger partial charge on any atom is 4.00 e. The molecule has 0 unspecified atom stereocenters. The summed E-state index contributed by atoms with van der Waals surface area (Å²) in [5.74, 6) is 7.24. The van der Waals surface area contributed by atoms with Crippen molar-refractivity contribution in [3.63, 3.8) is 0 Å². The van der Waals surface area contributed by atoms with Gasteiger partial charge >= 0.3 is 85.4 Å². The van der Waals surface area contributed by atoms with Crippen LogP contribution in [0.1, 0.15) is 41.5 Å². The molecule has 128 valence electrons. The smallest absolute Gasteiger partial charge is 4.00 e. The van der Waals surface area contributed by atoms with E-state index in [1.165, 1.54) is 0 Å². The number of rotatable bonds is 1. The number of nitrogens with one attached hydrogen (secondary N) is 3. The molecule has 0 aliphatic carbocycles. The zero-order valence-corrected chi connectivity index (χ0v) is 20.6. The molecule has 0 spiro atoms. The van der Waals surface area contributed by atoms with Crippen LogP contribution in [0.25, 0.3) is 17.2 Å². The third-order valence-corrected chi connectivity index (χ3v) is 5.86. The summed E-state index contributed by atoms with van der Waals surface area (Å²) in [7, 11) is 0. The van der Waals surface area contributed by atoms with E-state index in [2.05, 4.69) is 41.5 Å². The monoisotopic (exact) mass is 447 g/mol. The van der Waals surface area contributed by atoms with Gasteiger partial charge in [0, 0.05) is 0 Å². The van der Waals surface area contributed by atoms with E-state index in [0.717, 1.165) is 0 Å². The first-order valence-electron chi connectivity index (χ1n) is 7.66. The van der Waals surface area contributed by atoms with Crippen LogP contribution in [0, 0.1) is 0 Å². The van der Waals surface area contributed by atoms with E-state index in [0.29, 0.717) is 0 Å². The van der Waals surface area contributed by atoms with Crippen molar-refractivity contribution in [1.82, 2.24) is 0 Å². The van der Waals surface area contributed by atoms with Gasteiger partial charge in [-0.1, -0.05) is 41.5 Å². The number of hydrogen-bond donors (Lipinski definition) is 0. The molecule has 1 aromatic carbocycles. The minimum absolute atomic E-state index is 0. The Kier molecular flexibility index (Phi) is 25.0. The Bertz CT molecular complexity index is 269. The van der Waals surface area contributed by atoms with Crippen LogP contribution in [-0.4, -0.2) is 31.4 Å². The predicted molar refractivity (Wildman–Crippen MR) is 103 cm³/mol. The van der Waals surface area contributed by atoms with Crippen LogP contribution in [0.4, 0.5) is 0 Å². The average Bonchev–Trinajstić information content (AvgIpc) is 2.64. The Hall–Kier alpha value is 0.656. The Labute approximate surface area is 161 Å². The molecule has 0 aromatic heterocycles. The third kappa shape index (κ3) is 42.8. The second-order valence-corrected chi connectivity index (χ2v) is 17.5. The van der Waals surface area contributed by atoms with Crippen molar-refractivity contribution in [3.05, 3.63) is 41.5 Å². The first-order chi connectivity index (χ1) is 9.30.